The van der Waals surface area contributed by atoms with Crippen LogP contribution in [0.5, 0.6) is 0 Å². The largest absolute Gasteiger partial charge is 0.477 e. The van der Waals surface area contributed by atoms with Gasteiger partial charge in [-0.05, 0) is 6.92 Å². The van der Waals surface area contributed by atoms with Crippen LogP contribution in [0.2, 0.25) is 0 Å². The number of rotatable bonds is 6. The van der Waals surface area contributed by atoms with Crippen LogP contribution in [0.15, 0.2) is 34.5 Å². The fourth-order valence-electron chi connectivity index (χ4n) is 3.12. The lowest BCUT2D eigenvalue weighted by atomic mass is 10.0. The molecule has 10 nitrogen and oxygen atoms in total. The molecule has 2 N–H and O–H groups in total. The van der Waals surface area contributed by atoms with Gasteiger partial charge in [0, 0.05) is 42.3 Å². The molecule has 0 radical (unpaired) electrons. The number of carboxylic acids is 1. The number of carbonyl (C=O) groups is 4. The number of amides is 2. The van der Waals surface area contributed by atoms with Crippen molar-refractivity contribution in [1.29, 1.82) is 0 Å². The minimum atomic E-state index is -1.29. The van der Waals surface area contributed by atoms with E-state index in [0.717, 1.165) is 4.90 Å². The Balaban J connectivity index is 1.69. The fourth-order valence-corrected chi connectivity index (χ4v) is 4.44. The molecular weight excluding hydrogens is 402 g/mol. The second kappa shape index (κ2) is 8.11. The zero-order chi connectivity index (χ0) is 21.3. The minimum absolute atomic E-state index is 0.0817. The molecule has 0 spiro atoms. The topological polar surface area (TPSA) is 135 Å². The van der Waals surface area contributed by atoms with Crippen LogP contribution in [-0.4, -0.2) is 62.1 Å². The van der Waals surface area contributed by atoms with Crippen LogP contribution in [0.1, 0.15) is 12.5 Å². The Hall–Kier alpha value is -3.08. The van der Waals surface area contributed by atoms with E-state index in [-0.39, 0.29) is 30.0 Å². The number of hydrogen-bond donors (Lipinski definition) is 2. The third kappa shape index (κ3) is 4.19. The first kappa shape index (κ1) is 20.6. The summed E-state index contributed by atoms with van der Waals surface area (Å²) in [5, 5.41) is 11.6. The van der Waals surface area contributed by atoms with Gasteiger partial charge in [0.2, 0.25) is 5.91 Å². The number of aliphatic carboxylic acids is 1. The number of nitrogens with one attached hydrogen (secondary N) is 1. The molecule has 2 atom stereocenters. The first-order valence-electron chi connectivity index (χ1n) is 8.68. The zero-order valence-corrected chi connectivity index (χ0v) is 16.5. The van der Waals surface area contributed by atoms with Crippen LogP contribution >= 0.6 is 11.8 Å². The highest BCUT2D eigenvalue weighted by Gasteiger charge is 2.54. The number of pyridine rings is 1. The number of fused-ring (bicyclic) bond motifs is 1. The normalized spacial score (nSPS) is 20.6. The molecule has 0 saturated carbocycles. The van der Waals surface area contributed by atoms with Gasteiger partial charge in [0.1, 0.15) is 30.3 Å². The third-order valence-corrected chi connectivity index (χ3v) is 5.85. The van der Waals surface area contributed by atoms with Gasteiger partial charge < -0.3 is 19.7 Å². The number of aromatic nitrogens is 1. The van der Waals surface area contributed by atoms with Crippen molar-refractivity contribution >= 4 is 35.5 Å². The van der Waals surface area contributed by atoms with Crippen LogP contribution in [-0.2, 0) is 30.5 Å². The summed E-state index contributed by atoms with van der Waals surface area (Å²) < 4.78 is 6.40. The third-order valence-electron chi connectivity index (χ3n) is 4.51. The molecule has 0 unspecified atom stereocenters. The Morgan fingerprint density at radius 2 is 2.07 bits per heavy atom. The van der Waals surface area contributed by atoms with Gasteiger partial charge in [-0.3, -0.25) is 24.1 Å². The van der Waals surface area contributed by atoms with Gasteiger partial charge in [-0.2, -0.15) is 0 Å². The predicted octanol–water partition coefficient (Wildman–Crippen LogP) is -0.542. The smallest absolute Gasteiger partial charge is 0.352 e. The molecule has 3 heterocycles. The average Bonchev–Trinajstić information content (AvgIpc) is 2.66. The van der Waals surface area contributed by atoms with Gasteiger partial charge in [0.05, 0.1) is 0 Å². The number of ether oxygens (including phenoxy) is 1. The summed E-state index contributed by atoms with van der Waals surface area (Å²) in [6, 6.07) is 0.502. The van der Waals surface area contributed by atoms with E-state index in [1.807, 2.05) is 0 Å². The van der Waals surface area contributed by atoms with Crippen molar-refractivity contribution in [2.45, 2.75) is 31.8 Å². The molecular formula is C18H19N3O7S. The van der Waals surface area contributed by atoms with E-state index in [1.165, 1.54) is 35.5 Å². The van der Waals surface area contributed by atoms with Crippen LogP contribution in [0.4, 0.5) is 0 Å². The molecule has 2 aliphatic rings. The van der Waals surface area contributed by atoms with Crippen LogP contribution in [0.25, 0.3) is 0 Å². The Morgan fingerprint density at radius 3 is 2.69 bits per heavy atom. The Morgan fingerprint density at radius 1 is 1.34 bits per heavy atom. The van der Waals surface area contributed by atoms with Crippen molar-refractivity contribution in [1.82, 2.24) is 14.8 Å². The van der Waals surface area contributed by atoms with Gasteiger partial charge in [-0.15, -0.1) is 11.8 Å². The first-order valence-corrected chi connectivity index (χ1v) is 9.73. The number of esters is 1. The van der Waals surface area contributed by atoms with Crippen molar-refractivity contribution in [2.75, 3.05) is 12.4 Å². The van der Waals surface area contributed by atoms with Crippen LogP contribution < -0.4 is 10.7 Å². The summed E-state index contributed by atoms with van der Waals surface area (Å²) in [4.78, 5) is 60.1. The molecule has 1 saturated heterocycles. The second-order valence-corrected chi connectivity index (χ2v) is 7.76. The number of aryl methyl sites for hydroxylation is 1. The molecule has 0 bridgehead atoms. The van der Waals surface area contributed by atoms with E-state index in [0.29, 0.717) is 11.1 Å². The summed E-state index contributed by atoms with van der Waals surface area (Å²) >= 11 is 1.29. The molecule has 3 rings (SSSR count). The molecule has 154 valence electrons. The predicted molar refractivity (Wildman–Crippen MR) is 102 cm³/mol. The zero-order valence-electron chi connectivity index (χ0n) is 15.7. The highest BCUT2D eigenvalue weighted by atomic mass is 32.2. The van der Waals surface area contributed by atoms with Crippen LogP contribution in [0.3, 0.4) is 0 Å². The summed E-state index contributed by atoms with van der Waals surface area (Å²) in [6.45, 7) is 2.56. The highest BCUT2D eigenvalue weighted by molar-refractivity contribution is 8.00. The Bertz CT molecular complexity index is 984. The molecule has 0 aliphatic carbocycles. The molecule has 0 aromatic carbocycles. The minimum Gasteiger partial charge on any atom is -0.477 e. The number of thioether (sulfide) groups is 1. The summed E-state index contributed by atoms with van der Waals surface area (Å²) in [6.07, 6.45) is 3.02. The summed E-state index contributed by atoms with van der Waals surface area (Å²) in [5.74, 6) is -2.55. The fraction of sp³-hybridized carbons (Fsp3) is 0.389. The Kier molecular flexibility index (Phi) is 5.78. The maximum atomic E-state index is 12.5. The van der Waals surface area contributed by atoms with Crippen molar-refractivity contribution in [3.05, 3.63) is 45.5 Å². The number of carboxylic acid groups (broad SMARTS) is 1. The first-order chi connectivity index (χ1) is 13.7. The Labute approximate surface area is 169 Å². The van der Waals surface area contributed by atoms with E-state index in [4.69, 9.17) is 4.74 Å². The number of nitrogens with zero attached hydrogens (tertiary/aromatic N) is 2. The van der Waals surface area contributed by atoms with Crippen molar-refractivity contribution < 1.29 is 29.0 Å². The van der Waals surface area contributed by atoms with E-state index in [2.05, 4.69) is 5.32 Å². The maximum absolute atomic E-state index is 12.5. The SMILES string of the molecule is CC(=O)OCC1=C(C(=O)O)N2C(=O)[C@@H](NC(=O)Cn3ccc(=O)c(C)c3)[C@H]2SC1. The van der Waals surface area contributed by atoms with Crippen molar-refractivity contribution in [2.24, 2.45) is 0 Å². The molecule has 1 aromatic heterocycles. The average molecular weight is 421 g/mol. The van der Waals surface area contributed by atoms with Crippen LogP contribution in [0, 0.1) is 6.92 Å². The number of β-lactam (4-membered cyclic amide) rings is 1. The quantitative estimate of drug-likeness (QED) is 0.462. The molecule has 2 amide bonds. The number of hydrogen-bond acceptors (Lipinski definition) is 7. The van der Waals surface area contributed by atoms with Gasteiger partial charge in [0.15, 0.2) is 5.43 Å². The number of carbonyl (C=O) groups excluding carboxylic acids is 3. The second-order valence-electron chi connectivity index (χ2n) is 6.66. The van der Waals surface area contributed by atoms with Crippen molar-refractivity contribution in [3.63, 3.8) is 0 Å². The van der Waals surface area contributed by atoms with Gasteiger partial charge in [-0.25, -0.2) is 4.79 Å². The lowest BCUT2D eigenvalue weighted by Crippen LogP contribution is -2.70. The lowest BCUT2D eigenvalue weighted by molar-refractivity contribution is -0.151. The molecule has 1 fully saturated rings. The lowest BCUT2D eigenvalue weighted by Gasteiger charge is -2.49. The van der Waals surface area contributed by atoms with Gasteiger partial charge in [0.25, 0.3) is 5.91 Å². The van der Waals surface area contributed by atoms with Crippen molar-refractivity contribution in [3.8, 4) is 0 Å². The van der Waals surface area contributed by atoms with E-state index in [9.17, 15) is 29.1 Å². The van der Waals surface area contributed by atoms with E-state index < -0.39 is 35.2 Å². The van der Waals surface area contributed by atoms with Gasteiger partial charge in [-0.1, -0.05) is 0 Å². The molecule has 1 aromatic rings. The standard InChI is InChI=1S/C18H19N3O7S/c1-9-5-20(4-3-12(9)23)6-13(24)19-14-16(25)21-15(18(26)27)11(7-28-10(2)22)8-29-17(14)21/h3-5,14,17H,6-8H2,1-2H3,(H,19,24)(H,26,27)/t14-,17-/m1/s1. The van der Waals surface area contributed by atoms with E-state index in [1.54, 1.807) is 13.1 Å². The maximum Gasteiger partial charge on any atom is 0.352 e. The molecule has 29 heavy (non-hydrogen) atoms. The summed E-state index contributed by atoms with van der Waals surface area (Å²) in [7, 11) is 0. The highest BCUT2D eigenvalue weighted by Crippen LogP contribution is 2.40. The molecule has 2 aliphatic heterocycles. The monoisotopic (exact) mass is 421 g/mol. The van der Waals surface area contributed by atoms with Gasteiger partial charge >= 0.3 is 11.9 Å². The summed E-state index contributed by atoms with van der Waals surface area (Å²) in [5.41, 5.74) is 0.477. The molecule has 11 heteroatoms. The van der Waals surface area contributed by atoms with E-state index >= 15 is 0 Å².